The Balaban J connectivity index is 0.00000256. The first-order chi connectivity index (χ1) is 14.2. The molecule has 0 amide bonds. The number of fused-ring (bicyclic) bond motifs is 1. The van der Waals surface area contributed by atoms with Crippen LogP contribution in [0.4, 0.5) is 0 Å². The largest absolute Gasteiger partial charge is 0.454 e. The minimum absolute atomic E-state index is 0. The lowest BCUT2D eigenvalue weighted by molar-refractivity contribution is 0.171. The number of guanidine groups is 1. The molecular weight excluding hydrogens is 513 g/mol. The molecule has 4 rings (SSSR count). The van der Waals surface area contributed by atoms with Crippen LogP contribution in [0.15, 0.2) is 28.6 Å². The van der Waals surface area contributed by atoms with Crippen molar-refractivity contribution in [3.8, 4) is 11.5 Å². The minimum atomic E-state index is 0. The number of aliphatic imine (C=N–C) groups is 1. The van der Waals surface area contributed by atoms with Crippen LogP contribution in [0.3, 0.4) is 0 Å². The molecule has 0 spiro atoms. The maximum Gasteiger partial charge on any atom is 0.231 e. The first-order valence-corrected chi connectivity index (χ1v) is 11.1. The molecule has 1 N–H and O–H groups in total. The lowest BCUT2D eigenvalue weighted by Crippen LogP contribution is -2.52. The molecule has 1 aromatic carbocycles. The van der Waals surface area contributed by atoms with E-state index in [-0.39, 0.29) is 24.0 Å². The molecule has 2 aliphatic rings. The van der Waals surface area contributed by atoms with Crippen LogP contribution in [0.1, 0.15) is 23.2 Å². The highest BCUT2D eigenvalue weighted by Crippen LogP contribution is 2.32. The number of thiazole rings is 1. The number of rotatable bonds is 6. The quantitative estimate of drug-likeness (QED) is 0.344. The van der Waals surface area contributed by atoms with Crippen molar-refractivity contribution in [2.75, 3.05) is 46.6 Å². The molecule has 0 aliphatic carbocycles. The summed E-state index contributed by atoms with van der Waals surface area (Å²) in [7, 11) is 1.86. The Morgan fingerprint density at radius 1 is 1.20 bits per heavy atom. The van der Waals surface area contributed by atoms with Gasteiger partial charge in [-0.1, -0.05) is 13.0 Å². The molecule has 2 aliphatic heterocycles. The molecule has 0 unspecified atom stereocenters. The van der Waals surface area contributed by atoms with Crippen molar-refractivity contribution in [2.45, 2.75) is 26.3 Å². The van der Waals surface area contributed by atoms with Crippen LogP contribution >= 0.6 is 35.3 Å². The van der Waals surface area contributed by atoms with Crippen LogP contribution in [0, 0.1) is 0 Å². The van der Waals surface area contributed by atoms with E-state index in [1.54, 1.807) is 11.3 Å². The van der Waals surface area contributed by atoms with Crippen molar-refractivity contribution in [3.05, 3.63) is 39.8 Å². The highest BCUT2D eigenvalue weighted by molar-refractivity contribution is 14.0. The monoisotopic (exact) mass is 543 g/mol. The fraction of sp³-hybridized carbons (Fsp3) is 0.524. The summed E-state index contributed by atoms with van der Waals surface area (Å²) in [6.45, 7) is 8.24. The van der Waals surface area contributed by atoms with Crippen molar-refractivity contribution in [3.63, 3.8) is 0 Å². The Labute approximate surface area is 199 Å². The number of aryl methyl sites for hydroxylation is 1. The molecule has 1 saturated heterocycles. The standard InChI is InChI=1S/C21H29N5O2S.HI/c1-3-20-24-17(14-29-20)6-7-23-21(22-2)26-10-8-25(9-11-26)13-16-4-5-18-19(12-16)28-15-27-18;/h4-5,12,14H,3,6-11,13,15H2,1-2H3,(H,22,23);1H. The Kier molecular flexibility index (Phi) is 8.58. The normalized spacial score (nSPS) is 16.5. The summed E-state index contributed by atoms with van der Waals surface area (Å²) in [6.07, 6.45) is 1.94. The summed E-state index contributed by atoms with van der Waals surface area (Å²) in [5, 5.41) is 6.88. The third-order valence-electron chi connectivity index (χ3n) is 5.29. The third kappa shape index (κ3) is 5.76. The highest BCUT2D eigenvalue weighted by Gasteiger charge is 2.20. The van der Waals surface area contributed by atoms with Crippen LogP contribution in [-0.2, 0) is 19.4 Å². The van der Waals surface area contributed by atoms with Crippen LogP contribution in [0.5, 0.6) is 11.5 Å². The number of aromatic nitrogens is 1. The molecule has 3 heterocycles. The third-order valence-corrected chi connectivity index (χ3v) is 6.33. The van der Waals surface area contributed by atoms with Gasteiger partial charge in [0.1, 0.15) is 0 Å². The number of nitrogens with one attached hydrogen (secondary N) is 1. The van der Waals surface area contributed by atoms with Gasteiger partial charge < -0.3 is 19.7 Å². The van der Waals surface area contributed by atoms with Gasteiger partial charge in [-0.3, -0.25) is 9.89 Å². The van der Waals surface area contributed by atoms with Crippen molar-refractivity contribution in [2.24, 2.45) is 4.99 Å². The Bertz CT molecular complexity index is 852. The molecule has 7 nitrogen and oxygen atoms in total. The minimum Gasteiger partial charge on any atom is -0.454 e. The first kappa shape index (κ1) is 23.1. The van der Waals surface area contributed by atoms with Crippen molar-refractivity contribution >= 4 is 41.3 Å². The summed E-state index contributed by atoms with van der Waals surface area (Å²) < 4.78 is 10.9. The van der Waals surface area contributed by atoms with E-state index in [1.807, 2.05) is 13.1 Å². The zero-order valence-corrected chi connectivity index (χ0v) is 20.7. The maximum atomic E-state index is 5.49. The summed E-state index contributed by atoms with van der Waals surface area (Å²) in [5.74, 6) is 2.69. The lowest BCUT2D eigenvalue weighted by Gasteiger charge is -2.36. The van der Waals surface area contributed by atoms with Gasteiger partial charge in [-0.05, 0) is 24.1 Å². The van der Waals surface area contributed by atoms with Crippen molar-refractivity contribution < 1.29 is 9.47 Å². The molecule has 9 heteroatoms. The van der Waals surface area contributed by atoms with E-state index < -0.39 is 0 Å². The van der Waals surface area contributed by atoms with Crippen LogP contribution in [-0.4, -0.2) is 67.3 Å². The number of hydrogen-bond donors (Lipinski definition) is 1. The molecule has 30 heavy (non-hydrogen) atoms. The highest BCUT2D eigenvalue weighted by atomic mass is 127. The number of nitrogens with zero attached hydrogens (tertiary/aromatic N) is 4. The topological polar surface area (TPSA) is 62.2 Å². The van der Waals surface area contributed by atoms with E-state index in [0.29, 0.717) is 6.79 Å². The van der Waals surface area contributed by atoms with E-state index in [2.05, 4.69) is 49.5 Å². The Morgan fingerprint density at radius 3 is 2.73 bits per heavy atom. The van der Waals surface area contributed by atoms with E-state index in [1.165, 1.54) is 16.3 Å². The average Bonchev–Trinajstić information content (AvgIpc) is 3.41. The molecular formula is C21H30IN5O2S. The van der Waals surface area contributed by atoms with Crippen LogP contribution in [0.25, 0.3) is 0 Å². The van der Waals surface area contributed by atoms with Crippen molar-refractivity contribution in [1.29, 1.82) is 0 Å². The summed E-state index contributed by atoms with van der Waals surface area (Å²) >= 11 is 1.75. The van der Waals surface area contributed by atoms with E-state index in [4.69, 9.17) is 9.47 Å². The van der Waals surface area contributed by atoms with Gasteiger partial charge in [0.2, 0.25) is 6.79 Å². The van der Waals surface area contributed by atoms with E-state index in [9.17, 15) is 0 Å². The number of benzene rings is 1. The zero-order valence-electron chi connectivity index (χ0n) is 17.6. The van der Waals surface area contributed by atoms with Gasteiger partial charge in [-0.25, -0.2) is 4.98 Å². The van der Waals surface area contributed by atoms with Gasteiger partial charge in [-0.2, -0.15) is 0 Å². The summed E-state index contributed by atoms with van der Waals surface area (Å²) in [6, 6.07) is 6.23. The van der Waals surface area contributed by atoms with Gasteiger partial charge >= 0.3 is 0 Å². The zero-order chi connectivity index (χ0) is 20.1. The predicted octanol–water partition coefficient (Wildman–Crippen LogP) is 2.99. The van der Waals surface area contributed by atoms with E-state index >= 15 is 0 Å². The second-order valence-electron chi connectivity index (χ2n) is 7.26. The summed E-state index contributed by atoms with van der Waals surface area (Å²) in [4.78, 5) is 13.9. The molecule has 1 fully saturated rings. The van der Waals surface area contributed by atoms with Crippen molar-refractivity contribution in [1.82, 2.24) is 20.1 Å². The summed E-state index contributed by atoms with van der Waals surface area (Å²) in [5.41, 5.74) is 2.43. The molecule has 1 aromatic heterocycles. The lowest BCUT2D eigenvalue weighted by atomic mass is 10.1. The molecule has 0 bridgehead atoms. The average molecular weight is 543 g/mol. The fourth-order valence-corrected chi connectivity index (χ4v) is 4.46. The first-order valence-electron chi connectivity index (χ1n) is 10.2. The van der Waals surface area contributed by atoms with Gasteiger partial charge in [0.15, 0.2) is 17.5 Å². The van der Waals surface area contributed by atoms with Crippen LogP contribution in [0.2, 0.25) is 0 Å². The smallest absolute Gasteiger partial charge is 0.231 e. The van der Waals surface area contributed by atoms with E-state index in [0.717, 1.165) is 69.6 Å². The molecule has 0 atom stereocenters. The molecule has 2 aromatic rings. The Morgan fingerprint density at radius 2 is 2.00 bits per heavy atom. The molecule has 0 radical (unpaired) electrons. The fourth-order valence-electron chi connectivity index (χ4n) is 3.68. The van der Waals surface area contributed by atoms with Gasteiger partial charge in [0, 0.05) is 58.1 Å². The second-order valence-corrected chi connectivity index (χ2v) is 8.20. The van der Waals surface area contributed by atoms with Gasteiger partial charge in [-0.15, -0.1) is 35.3 Å². The number of ether oxygens (including phenoxy) is 2. The number of halogens is 1. The maximum absolute atomic E-state index is 5.49. The van der Waals surface area contributed by atoms with Gasteiger partial charge in [0.05, 0.1) is 10.7 Å². The number of piperazine rings is 1. The SMILES string of the molecule is CCc1nc(CCNC(=NC)N2CCN(Cc3ccc4c(c3)OCO4)CC2)cs1.I. The molecule has 0 saturated carbocycles. The molecule has 164 valence electrons. The van der Waals surface area contributed by atoms with Crippen LogP contribution < -0.4 is 14.8 Å². The number of hydrogen-bond acceptors (Lipinski definition) is 6. The predicted molar refractivity (Wildman–Crippen MR) is 131 cm³/mol. The van der Waals surface area contributed by atoms with Gasteiger partial charge in [0.25, 0.3) is 0 Å². The Hall–Kier alpha value is -1.59. The second kappa shape index (κ2) is 11.1.